The molecule has 0 atom stereocenters. The molecule has 0 N–H and O–H groups in total. The molecule has 0 spiro atoms. The summed E-state index contributed by atoms with van der Waals surface area (Å²) in [6.45, 7) is 0. The molecule has 2 rings (SSSR count). The maximum atomic E-state index is 8.77. The van der Waals surface area contributed by atoms with Gasteiger partial charge in [0.2, 0.25) is 0 Å². The van der Waals surface area contributed by atoms with Crippen molar-refractivity contribution < 1.29 is 0 Å². The molecule has 12 heavy (non-hydrogen) atoms. The fourth-order valence-electron chi connectivity index (χ4n) is 1.26. The average Bonchev–Trinajstić information content (AvgIpc) is 2.17. The Morgan fingerprint density at radius 2 is 2.17 bits per heavy atom. The summed E-state index contributed by atoms with van der Waals surface area (Å²) in [5, 5.41) is 10.8. The van der Waals surface area contributed by atoms with Crippen LogP contribution in [0, 0.1) is 17.4 Å². The molecule has 0 saturated heterocycles. The van der Waals surface area contributed by atoms with E-state index in [0.717, 1.165) is 10.8 Å². The lowest BCUT2D eigenvalue weighted by Crippen LogP contribution is -1.77. The van der Waals surface area contributed by atoms with Crippen LogP contribution in [0.4, 0.5) is 0 Å². The van der Waals surface area contributed by atoms with E-state index in [-0.39, 0.29) is 0 Å². The van der Waals surface area contributed by atoms with Crippen molar-refractivity contribution in [3.63, 3.8) is 0 Å². The molecule has 0 aromatic heterocycles. The summed E-state index contributed by atoms with van der Waals surface area (Å²) in [7, 11) is 0. The van der Waals surface area contributed by atoms with Crippen LogP contribution < -0.4 is 0 Å². The molecule has 0 bridgehead atoms. The van der Waals surface area contributed by atoms with Gasteiger partial charge < -0.3 is 0 Å². The first kappa shape index (κ1) is 6.87. The van der Waals surface area contributed by atoms with E-state index in [2.05, 4.69) is 12.1 Å². The van der Waals surface area contributed by atoms with Crippen molar-refractivity contribution in [2.45, 2.75) is 0 Å². The predicted octanol–water partition coefficient (Wildman–Crippen LogP) is 2.51. The Morgan fingerprint density at radius 3 is 3.00 bits per heavy atom. The van der Waals surface area contributed by atoms with Crippen LogP contribution in [-0.2, 0) is 0 Å². The van der Waals surface area contributed by atoms with Crippen molar-refractivity contribution >= 4 is 10.8 Å². The normalized spacial score (nSPS) is 9.58. The van der Waals surface area contributed by atoms with Gasteiger partial charge in [0, 0.05) is 5.39 Å². The van der Waals surface area contributed by atoms with Crippen LogP contribution in [0.3, 0.4) is 0 Å². The molecule has 0 heterocycles. The maximum absolute atomic E-state index is 8.77. The van der Waals surface area contributed by atoms with Gasteiger partial charge in [-0.1, -0.05) is 24.3 Å². The second-order valence-electron chi connectivity index (χ2n) is 2.56. The Kier molecular flexibility index (Phi) is 1.53. The van der Waals surface area contributed by atoms with E-state index in [9.17, 15) is 0 Å². The number of rotatable bonds is 0. The van der Waals surface area contributed by atoms with E-state index in [1.165, 1.54) is 0 Å². The number of hydrogen-bond donors (Lipinski definition) is 0. The number of nitrogens with zero attached hydrogens (tertiary/aromatic N) is 1. The van der Waals surface area contributed by atoms with Crippen LogP contribution >= 0.6 is 0 Å². The van der Waals surface area contributed by atoms with Crippen molar-refractivity contribution in [3.05, 3.63) is 48.0 Å². The molecular weight excluding hydrogens is 146 g/mol. The first-order chi connectivity index (χ1) is 5.92. The third-order valence-corrected chi connectivity index (χ3v) is 1.85. The van der Waals surface area contributed by atoms with E-state index in [0.29, 0.717) is 5.56 Å². The Bertz CT molecular complexity index is 447. The van der Waals surface area contributed by atoms with Crippen LogP contribution in [0.15, 0.2) is 36.4 Å². The molecule has 0 amide bonds. The molecule has 1 nitrogen and oxygen atoms in total. The van der Waals surface area contributed by atoms with E-state index < -0.39 is 0 Å². The largest absolute Gasteiger partial charge is 0.192 e. The molecule has 2 aromatic rings. The molecular formula is C11H6N. The van der Waals surface area contributed by atoms with Crippen molar-refractivity contribution in [1.82, 2.24) is 0 Å². The average molecular weight is 152 g/mol. The first-order valence-corrected chi connectivity index (χ1v) is 3.71. The van der Waals surface area contributed by atoms with Crippen LogP contribution in [0.5, 0.6) is 0 Å². The molecule has 2 aromatic carbocycles. The molecule has 0 fully saturated rings. The molecule has 55 valence electrons. The molecule has 0 aliphatic carbocycles. The highest BCUT2D eigenvalue weighted by Crippen LogP contribution is 2.16. The number of fused-ring (bicyclic) bond motifs is 1. The Balaban J connectivity index is 2.91. The van der Waals surface area contributed by atoms with Crippen LogP contribution in [0.25, 0.3) is 10.8 Å². The summed E-state index contributed by atoms with van der Waals surface area (Å²) in [4.78, 5) is 0. The van der Waals surface area contributed by atoms with Crippen LogP contribution in [-0.4, -0.2) is 0 Å². The van der Waals surface area contributed by atoms with E-state index >= 15 is 0 Å². The molecule has 1 heteroatoms. The van der Waals surface area contributed by atoms with E-state index in [1.807, 2.05) is 36.4 Å². The van der Waals surface area contributed by atoms with Gasteiger partial charge in [-0.15, -0.1) is 0 Å². The van der Waals surface area contributed by atoms with Gasteiger partial charge in [0.25, 0.3) is 0 Å². The number of benzene rings is 2. The van der Waals surface area contributed by atoms with Crippen LogP contribution in [0.2, 0.25) is 0 Å². The van der Waals surface area contributed by atoms with E-state index in [4.69, 9.17) is 5.26 Å². The van der Waals surface area contributed by atoms with Crippen molar-refractivity contribution in [1.29, 1.82) is 5.26 Å². The molecule has 1 radical (unpaired) electrons. The summed E-state index contributed by atoms with van der Waals surface area (Å²) >= 11 is 0. The van der Waals surface area contributed by atoms with Crippen molar-refractivity contribution in [3.8, 4) is 6.07 Å². The summed E-state index contributed by atoms with van der Waals surface area (Å²) in [5.41, 5.74) is 0.712. The third kappa shape index (κ3) is 0.943. The minimum Gasteiger partial charge on any atom is -0.192 e. The minimum atomic E-state index is 0.712. The van der Waals surface area contributed by atoms with Gasteiger partial charge in [-0.05, 0) is 23.6 Å². The van der Waals surface area contributed by atoms with Gasteiger partial charge in [-0.25, -0.2) is 0 Å². The molecule has 0 aliphatic heterocycles. The Morgan fingerprint density at radius 1 is 1.25 bits per heavy atom. The zero-order valence-electron chi connectivity index (χ0n) is 6.41. The second-order valence-corrected chi connectivity index (χ2v) is 2.56. The smallest absolute Gasteiger partial charge is 0.0998 e. The fourth-order valence-corrected chi connectivity index (χ4v) is 1.26. The quantitative estimate of drug-likeness (QED) is 0.569. The summed E-state index contributed by atoms with van der Waals surface area (Å²) in [6.07, 6.45) is 0. The van der Waals surface area contributed by atoms with Crippen molar-refractivity contribution in [2.75, 3.05) is 0 Å². The summed E-state index contributed by atoms with van der Waals surface area (Å²) in [6, 6.07) is 16.5. The Hall–Kier alpha value is -1.81. The summed E-state index contributed by atoms with van der Waals surface area (Å²) < 4.78 is 0. The number of hydrogen-bond acceptors (Lipinski definition) is 1. The Labute approximate surface area is 70.9 Å². The highest BCUT2D eigenvalue weighted by atomic mass is 14.2. The predicted molar refractivity (Wildman–Crippen MR) is 47.5 cm³/mol. The molecule has 0 unspecified atom stereocenters. The van der Waals surface area contributed by atoms with Gasteiger partial charge in [0.1, 0.15) is 0 Å². The van der Waals surface area contributed by atoms with E-state index in [1.54, 1.807) is 0 Å². The van der Waals surface area contributed by atoms with Crippen LogP contribution in [0.1, 0.15) is 5.56 Å². The van der Waals surface area contributed by atoms with Gasteiger partial charge in [-0.3, -0.25) is 0 Å². The van der Waals surface area contributed by atoms with Gasteiger partial charge in [0.05, 0.1) is 11.6 Å². The zero-order valence-corrected chi connectivity index (χ0v) is 6.41. The highest BCUT2D eigenvalue weighted by Gasteiger charge is 1.96. The lowest BCUT2D eigenvalue weighted by atomic mass is 10.1. The molecule has 0 saturated carbocycles. The lowest BCUT2D eigenvalue weighted by molar-refractivity contribution is 1.50. The first-order valence-electron chi connectivity index (χ1n) is 3.71. The van der Waals surface area contributed by atoms with Gasteiger partial charge in [0.15, 0.2) is 0 Å². The van der Waals surface area contributed by atoms with Crippen molar-refractivity contribution in [2.24, 2.45) is 0 Å². The summed E-state index contributed by atoms with van der Waals surface area (Å²) in [5.74, 6) is 0. The third-order valence-electron chi connectivity index (χ3n) is 1.85. The standard InChI is InChI=1S/C11H6N/c12-8-10-6-3-5-9-4-1-2-7-11(9)10/h1,3-7H. The van der Waals surface area contributed by atoms with Gasteiger partial charge in [-0.2, -0.15) is 5.26 Å². The lowest BCUT2D eigenvalue weighted by Gasteiger charge is -1.96. The maximum Gasteiger partial charge on any atom is 0.0998 e. The SMILES string of the molecule is N#Cc1cccc2cc[c]cc12. The highest BCUT2D eigenvalue weighted by molar-refractivity contribution is 5.87. The molecule has 0 aliphatic rings. The minimum absolute atomic E-state index is 0.712. The van der Waals surface area contributed by atoms with Gasteiger partial charge >= 0.3 is 0 Å². The topological polar surface area (TPSA) is 23.8 Å². The fraction of sp³-hybridized carbons (Fsp3) is 0. The number of nitriles is 1. The zero-order chi connectivity index (χ0) is 8.39. The second kappa shape index (κ2) is 2.67. The monoisotopic (exact) mass is 152 g/mol.